The van der Waals surface area contributed by atoms with Crippen molar-refractivity contribution in [2.75, 3.05) is 0 Å². The van der Waals surface area contributed by atoms with Gasteiger partial charge in [-0.15, -0.1) is 0 Å². The van der Waals surface area contributed by atoms with Crippen LogP contribution in [0.1, 0.15) is 47.0 Å². The zero-order chi connectivity index (χ0) is 11.5. The van der Waals surface area contributed by atoms with Crippen LogP contribution in [0.5, 0.6) is 0 Å². The quantitative estimate of drug-likeness (QED) is 0.698. The summed E-state index contributed by atoms with van der Waals surface area (Å²) in [5.41, 5.74) is 1.79. The summed E-state index contributed by atoms with van der Waals surface area (Å²) in [5.74, 6) is 0.613. The lowest BCUT2D eigenvalue weighted by molar-refractivity contribution is 0.173. The summed E-state index contributed by atoms with van der Waals surface area (Å²) in [5, 5.41) is 9.45. The first kappa shape index (κ1) is 12.5. The van der Waals surface area contributed by atoms with Gasteiger partial charge in [-0.1, -0.05) is 44.6 Å². The topological polar surface area (TPSA) is 20.2 Å². The minimum absolute atomic E-state index is 0.167. The minimum atomic E-state index is -0.167. The van der Waals surface area contributed by atoms with Gasteiger partial charge in [0.15, 0.2) is 0 Å². The molecule has 0 bridgehead atoms. The van der Waals surface area contributed by atoms with E-state index in [1.807, 2.05) is 6.92 Å². The van der Waals surface area contributed by atoms with Gasteiger partial charge in [0.1, 0.15) is 0 Å². The van der Waals surface area contributed by atoms with Gasteiger partial charge in [-0.05, 0) is 37.5 Å². The van der Waals surface area contributed by atoms with Crippen LogP contribution in [0.2, 0.25) is 0 Å². The van der Waals surface area contributed by atoms with Crippen LogP contribution in [-0.2, 0) is 0 Å². The van der Waals surface area contributed by atoms with Crippen LogP contribution in [0.25, 0.3) is 0 Å². The standard InChI is InChI=1S/C14H24O/c1-5-13(15)8-6-7-12-10-9-11(2)14(12,3)4/h6-7,9,12-13,15H,5,8,10H2,1-4H3/b7-6+. The molecule has 2 unspecified atom stereocenters. The molecule has 0 heterocycles. The molecule has 0 aromatic rings. The second-order valence-corrected chi connectivity index (χ2v) is 5.18. The van der Waals surface area contributed by atoms with Crippen LogP contribution >= 0.6 is 0 Å². The van der Waals surface area contributed by atoms with Gasteiger partial charge in [-0.3, -0.25) is 0 Å². The highest BCUT2D eigenvalue weighted by Crippen LogP contribution is 2.43. The van der Waals surface area contributed by atoms with E-state index in [-0.39, 0.29) is 6.10 Å². The number of hydrogen-bond donors (Lipinski definition) is 1. The van der Waals surface area contributed by atoms with Gasteiger partial charge in [0.05, 0.1) is 6.10 Å². The molecule has 0 amide bonds. The van der Waals surface area contributed by atoms with E-state index in [4.69, 9.17) is 0 Å². The third-order valence-electron chi connectivity index (χ3n) is 3.87. The van der Waals surface area contributed by atoms with E-state index in [9.17, 15) is 5.11 Å². The molecule has 0 radical (unpaired) electrons. The third-order valence-corrected chi connectivity index (χ3v) is 3.87. The highest BCUT2D eigenvalue weighted by molar-refractivity contribution is 5.21. The van der Waals surface area contributed by atoms with Gasteiger partial charge >= 0.3 is 0 Å². The van der Waals surface area contributed by atoms with Gasteiger partial charge in [0.2, 0.25) is 0 Å². The lowest BCUT2D eigenvalue weighted by atomic mass is 9.77. The first-order valence-electron chi connectivity index (χ1n) is 6.00. The summed E-state index contributed by atoms with van der Waals surface area (Å²) in [7, 11) is 0. The predicted molar refractivity (Wildman–Crippen MR) is 65.7 cm³/mol. The molecular formula is C14H24O. The Morgan fingerprint density at radius 1 is 1.60 bits per heavy atom. The Labute approximate surface area is 93.9 Å². The SMILES string of the molecule is CCC(O)C/C=C/C1CC=C(C)C1(C)C. The molecule has 1 heteroatoms. The molecule has 1 aliphatic carbocycles. The lowest BCUT2D eigenvalue weighted by Gasteiger charge is -2.27. The predicted octanol–water partition coefficient (Wildman–Crippen LogP) is 3.70. The number of aliphatic hydroxyl groups is 1. The van der Waals surface area contributed by atoms with Crippen molar-refractivity contribution in [1.82, 2.24) is 0 Å². The highest BCUT2D eigenvalue weighted by Gasteiger charge is 2.32. The summed E-state index contributed by atoms with van der Waals surface area (Å²) in [6, 6.07) is 0. The molecule has 0 saturated carbocycles. The minimum Gasteiger partial charge on any atom is -0.393 e. The van der Waals surface area contributed by atoms with Crippen LogP contribution in [0.3, 0.4) is 0 Å². The maximum atomic E-state index is 9.45. The van der Waals surface area contributed by atoms with E-state index in [0.717, 1.165) is 19.3 Å². The van der Waals surface area contributed by atoms with Gasteiger partial charge in [-0.25, -0.2) is 0 Å². The Balaban J connectivity index is 2.48. The van der Waals surface area contributed by atoms with Crippen LogP contribution in [0.15, 0.2) is 23.8 Å². The number of allylic oxidation sites excluding steroid dienone is 3. The van der Waals surface area contributed by atoms with Gasteiger partial charge in [0, 0.05) is 0 Å². The van der Waals surface area contributed by atoms with E-state index >= 15 is 0 Å². The van der Waals surface area contributed by atoms with Crippen molar-refractivity contribution in [3.8, 4) is 0 Å². The van der Waals surface area contributed by atoms with E-state index in [1.165, 1.54) is 5.57 Å². The van der Waals surface area contributed by atoms with Crippen molar-refractivity contribution in [2.45, 2.75) is 53.1 Å². The smallest absolute Gasteiger partial charge is 0.0572 e. The normalized spacial score (nSPS) is 27.0. The fourth-order valence-electron chi connectivity index (χ4n) is 2.04. The maximum Gasteiger partial charge on any atom is 0.0572 e. The molecule has 0 saturated heterocycles. The molecule has 1 rings (SSSR count). The zero-order valence-corrected chi connectivity index (χ0v) is 10.5. The van der Waals surface area contributed by atoms with Gasteiger partial charge in [-0.2, -0.15) is 0 Å². The van der Waals surface area contributed by atoms with Crippen molar-refractivity contribution >= 4 is 0 Å². The van der Waals surface area contributed by atoms with Crippen molar-refractivity contribution < 1.29 is 5.11 Å². The molecule has 1 aliphatic rings. The number of rotatable bonds is 4. The summed E-state index contributed by atoms with van der Waals surface area (Å²) in [4.78, 5) is 0. The Kier molecular flexibility index (Phi) is 4.15. The summed E-state index contributed by atoms with van der Waals surface area (Å²) in [6.45, 7) is 8.84. The number of aliphatic hydroxyl groups excluding tert-OH is 1. The van der Waals surface area contributed by atoms with Gasteiger partial charge in [0.25, 0.3) is 0 Å². The Morgan fingerprint density at radius 2 is 2.27 bits per heavy atom. The second-order valence-electron chi connectivity index (χ2n) is 5.18. The highest BCUT2D eigenvalue weighted by atomic mass is 16.3. The molecule has 0 aliphatic heterocycles. The maximum absolute atomic E-state index is 9.45. The molecular weight excluding hydrogens is 184 g/mol. The third kappa shape index (κ3) is 2.94. The summed E-state index contributed by atoms with van der Waals surface area (Å²) in [6.07, 6.45) is 9.39. The Bertz CT molecular complexity index is 261. The second kappa shape index (κ2) is 4.98. The Hall–Kier alpha value is -0.560. The first-order valence-corrected chi connectivity index (χ1v) is 6.00. The van der Waals surface area contributed by atoms with E-state index in [1.54, 1.807) is 0 Å². The molecule has 0 aromatic carbocycles. The van der Waals surface area contributed by atoms with E-state index in [2.05, 4.69) is 39.0 Å². The summed E-state index contributed by atoms with van der Waals surface area (Å²) < 4.78 is 0. The molecule has 0 fully saturated rings. The van der Waals surface area contributed by atoms with Crippen LogP contribution < -0.4 is 0 Å². The van der Waals surface area contributed by atoms with Crippen LogP contribution in [-0.4, -0.2) is 11.2 Å². The van der Waals surface area contributed by atoms with Crippen molar-refractivity contribution in [3.05, 3.63) is 23.8 Å². The number of hydrogen-bond acceptors (Lipinski definition) is 1. The summed E-state index contributed by atoms with van der Waals surface area (Å²) >= 11 is 0. The fourth-order valence-corrected chi connectivity index (χ4v) is 2.04. The van der Waals surface area contributed by atoms with E-state index < -0.39 is 0 Å². The lowest BCUT2D eigenvalue weighted by Crippen LogP contribution is -2.18. The molecule has 15 heavy (non-hydrogen) atoms. The largest absolute Gasteiger partial charge is 0.393 e. The van der Waals surface area contributed by atoms with Gasteiger partial charge < -0.3 is 5.11 Å². The van der Waals surface area contributed by atoms with Crippen LogP contribution in [0, 0.1) is 11.3 Å². The Morgan fingerprint density at radius 3 is 2.73 bits per heavy atom. The monoisotopic (exact) mass is 208 g/mol. The molecule has 2 atom stereocenters. The van der Waals surface area contributed by atoms with Crippen LogP contribution in [0.4, 0.5) is 0 Å². The molecule has 0 spiro atoms. The van der Waals surface area contributed by atoms with Crippen molar-refractivity contribution in [3.63, 3.8) is 0 Å². The molecule has 1 N–H and O–H groups in total. The fraction of sp³-hybridized carbons (Fsp3) is 0.714. The molecule has 0 aromatic heterocycles. The van der Waals surface area contributed by atoms with Crippen molar-refractivity contribution in [1.29, 1.82) is 0 Å². The zero-order valence-electron chi connectivity index (χ0n) is 10.5. The molecule has 1 nitrogen and oxygen atoms in total. The molecule has 86 valence electrons. The first-order chi connectivity index (χ1) is 6.98. The average molecular weight is 208 g/mol. The average Bonchev–Trinajstić information content (AvgIpc) is 2.44. The van der Waals surface area contributed by atoms with E-state index in [0.29, 0.717) is 11.3 Å². The van der Waals surface area contributed by atoms with Crippen molar-refractivity contribution in [2.24, 2.45) is 11.3 Å².